The van der Waals surface area contributed by atoms with Crippen molar-refractivity contribution in [3.63, 3.8) is 0 Å². The van der Waals surface area contributed by atoms with E-state index in [9.17, 15) is 4.79 Å². The first-order valence-electron chi connectivity index (χ1n) is 7.44. The third-order valence-corrected chi connectivity index (χ3v) is 2.99. The molecular weight excluding hydrogens is 298 g/mol. The molecule has 0 saturated heterocycles. The highest BCUT2D eigenvalue weighted by Gasteiger charge is 2.03. The molecule has 1 rings (SSSR count). The van der Waals surface area contributed by atoms with Crippen LogP contribution >= 0.6 is 0 Å². The number of rotatable bonds is 11. The summed E-state index contributed by atoms with van der Waals surface area (Å²) in [7, 11) is 5.08. The van der Waals surface area contributed by atoms with Crippen LogP contribution in [0.25, 0.3) is 6.08 Å². The minimum absolute atomic E-state index is 0.239. The fourth-order valence-electron chi connectivity index (χ4n) is 1.83. The molecule has 0 spiro atoms. The van der Waals surface area contributed by atoms with Crippen molar-refractivity contribution in [1.82, 2.24) is 5.32 Å². The Kier molecular flexibility index (Phi) is 9.70. The van der Waals surface area contributed by atoms with Crippen LogP contribution < -0.4 is 10.1 Å². The second-order valence-corrected chi connectivity index (χ2v) is 4.72. The van der Waals surface area contributed by atoms with Gasteiger partial charge in [-0.1, -0.05) is 12.1 Å². The summed E-state index contributed by atoms with van der Waals surface area (Å²) in [5.41, 5.74) is 1.80. The molecule has 0 atom stereocenters. The molecule has 0 radical (unpaired) electrons. The molecule has 23 heavy (non-hydrogen) atoms. The minimum atomic E-state index is -0.401. The Morgan fingerprint density at radius 2 is 2.04 bits per heavy atom. The highest BCUT2D eigenvalue weighted by Crippen LogP contribution is 2.21. The molecule has 0 amide bonds. The Hall–Kier alpha value is -1.89. The molecule has 6 heteroatoms. The summed E-state index contributed by atoms with van der Waals surface area (Å²) < 4.78 is 20.7. The van der Waals surface area contributed by atoms with E-state index in [4.69, 9.17) is 18.9 Å². The quantitative estimate of drug-likeness (QED) is 0.379. The lowest BCUT2D eigenvalue weighted by molar-refractivity contribution is -0.139. The Morgan fingerprint density at radius 3 is 2.74 bits per heavy atom. The summed E-state index contributed by atoms with van der Waals surface area (Å²) in [6, 6.07) is 5.64. The van der Waals surface area contributed by atoms with Crippen molar-refractivity contribution in [2.24, 2.45) is 0 Å². The third-order valence-electron chi connectivity index (χ3n) is 2.99. The topological polar surface area (TPSA) is 66.0 Å². The number of benzene rings is 1. The molecule has 0 fully saturated rings. The predicted molar refractivity (Wildman–Crippen MR) is 88.4 cm³/mol. The molecule has 0 aliphatic carbocycles. The van der Waals surface area contributed by atoms with Crippen molar-refractivity contribution in [3.8, 4) is 5.75 Å². The van der Waals surface area contributed by atoms with E-state index in [1.807, 2.05) is 25.2 Å². The summed E-state index contributed by atoms with van der Waals surface area (Å²) in [5, 5.41) is 2.96. The molecule has 0 aliphatic rings. The fourth-order valence-corrected chi connectivity index (χ4v) is 1.83. The number of hydrogen-bond acceptors (Lipinski definition) is 6. The number of likely N-dealkylation sites (N-methyl/N-ethyl adjacent to an activating group) is 1. The van der Waals surface area contributed by atoms with Crippen LogP contribution in [0.2, 0.25) is 0 Å². The highest BCUT2D eigenvalue weighted by atomic mass is 16.6. The van der Waals surface area contributed by atoms with E-state index in [1.165, 1.54) is 6.08 Å². The number of hydrogen-bond donors (Lipinski definition) is 1. The average Bonchev–Trinajstić information content (AvgIpc) is 2.57. The molecule has 0 unspecified atom stereocenters. The Bertz CT molecular complexity index is 502. The number of carbonyl (C=O) groups excluding carboxylic acids is 1. The van der Waals surface area contributed by atoms with Gasteiger partial charge in [-0.05, 0) is 24.8 Å². The minimum Gasteiger partial charge on any atom is -0.496 e. The third kappa shape index (κ3) is 7.78. The Morgan fingerprint density at radius 1 is 1.22 bits per heavy atom. The maximum Gasteiger partial charge on any atom is 0.330 e. The highest BCUT2D eigenvalue weighted by molar-refractivity contribution is 5.87. The maximum absolute atomic E-state index is 11.6. The van der Waals surface area contributed by atoms with Gasteiger partial charge in [-0.2, -0.15) is 0 Å². The van der Waals surface area contributed by atoms with E-state index >= 15 is 0 Å². The lowest BCUT2D eigenvalue weighted by atomic mass is 10.1. The van der Waals surface area contributed by atoms with E-state index in [1.54, 1.807) is 20.3 Å². The molecule has 0 aromatic heterocycles. The first kappa shape index (κ1) is 19.2. The van der Waals surface area contributed by atoms with Gasteiger partial charge in [0.05, 0.1) is 26.9 Å². The van der Waals surface area contributed by atoms with Crippen LogP contribution in [0.1, 0.15) is 11.1 Å². The predicted octanol–water partition coefficient (Wildman–Crippen LogP) is 1.63. The molecule has 1 N–H and O–H groups in total. The van der Waals surface area contributed by atoms with Crippen molar-refractivity contribution in [2.75, 3.05) is 47.6 Å². The van der Waals surface area contributed by atoms with E-state index in [0.29, 0.717) is 19.8 Å². The van der Waals surface area contributed by atoms with E-state index < -0.39 is 5.97 Å². The standard InChI is InChI=1S/C17H25NO5/c1-18-8-9-22-10-11-23-17(19)7-5-14-4-6-15(13-20-2)16(12-14)21-3/h4-7,12,18H,8-11,13H2,1-3H3/b7-5+. The monoisotopic (exact) mass is 323 g/mol. The van der Waals surface area contributed by atoms with Gasteiger partial charge in [0.1, 0.15) is 12.4 Å². The number of nitrogens with one attached hydrogen (secondary N) is 1. The van der Waals surface area contributed by atoms with Gasteiger partial charge in [-0.25, -0.2) is 4.79 Å². The molecule has 0 saturated carbocycles. The van der Waals surface area contributed by atoms with Gasteiger partial charge < -0.3 is 24.3 Å². The van der Waals surface area contributed by atoms with Crippen LogP contribution in [-0.4, -0.2) is 53.6 Å². The summed E-state index contributed by atoms with van der Waals surface area (Å²) >= 11 is 0. The van der Waals surface area contributed by atoms with Crippen molar-refractivity contribution >= 4 is 12.0 Å². The van der Waals surface area contributed by atoms with E-state index in [2.05, 4.69) is 5.32 Å². The summed E-state index contributed by atoms with van der Waals surface area (Å²) in [6.45, 7) is 2.47. The van der Waals surface area contributed by atoms with Crippen molar-refractivity contribution in [3.05, 3.63) is 35.4 Å². The molecule has 0 bridgehead atoms. The second kappa shape index (κ2) is 11.6. The van der Waals surface area contributed by atoms with Gasteiger partial charge in [0.15, 0.2) is 0 Å². The molecular formula is C17H25NO5. The van der Waals surface area contributed by atoms with Gasteiger partial charge >= 0.3 is 5.97 Å². The van der Waals surface area contributed by atoms with Crippen LogP contribution in [-0.2, 0) is 25.6 Å². The molecule has 1 aromatic carbocycles. The molecule has 128 valence electrons. The van der Waals surface area contributed by atoms with Crippen molar-refractivity contribution in [2.45, 2.75) is 6.61 Å². The van der Waals surface area contributed by atoms with Crippen LogP contribution in [0.3, 0.4) is 0 Å². The molecule has 1 aromatic rings. The SMILES string of the molecule is CNCCOCCOC(=O)/C=C/c1ccc(COC)c(OC)c1. The first-order valence-corrected chi connectivity index (χ1v) is 7.44. The van der Waals surface area contributed by atoms with Crippen LogP contribution in [0.15, 0.2) is 24.3 Å². The zero-order valence-corrected chi connectivity index (χ0v) is 14.0. The van der Waals surface area contributed by atoms with Gasteiger partial charge in [0, 0.05) is 25.3 Å². The Labute approximate surface area is 137 Å². The van der Waals surface area contributed by atoms with Crippen molar-refractivity contribution in [1.29, 1.82) is 0 Å². The summed E-state index contributed by atoms with van der Waals surface area (Å²) in [6.07, 6.45) is 3.07. The zero-order chi connectivity index (χ0) is 16.9. The van der Waals surface area contributed by atoms with E-state index in [0.717, 1.165) is 23.4 Å². The number of methoxy groups -OCH3 is 2. The van der Waals surface area contributed by atoms with E-state index in [-0.39, 0.29) is 6.61 Å². The summed E-state index contributed by atoms with van der Waals surface area (Å²) in [5.74, 6) is 0.322. The molecule has 0 aliphatic heterocycles. The second-order valence-electron chi connectivity index (χ2n) is 4.72. The van der Waals surface area contributed by atoms with Crippen LogP contribution in [0.5, 0.6) is 5.75 Å². The van der Waals surface area contributed by atoms with Crippen molar-refractivity contribution < 1.29 is 23.7 Å². The van der Waals surface area contributed by atoms with Gasteiger partial charge in [-0.3, -0.25) is 0 Å². The van der Waals surface area contributed by atoms with Crippen LogP contribution in [0, 0.1) is 0 Å². The zero-order valence-electron chi connectivity index (χ0n) is 14.0. The summed E-state index contributed by atoms with van der Waals surface area (Å²) in [4.78, 5) is 11.6. The van der Waals surface area contributed by atoms with Gasteiger partial charge in [0.25, 0.3) is 0 Å². The fraction of sp³-hybridized carbons (Fsp3) is 0.471. The number of esters is 1. The lowest BCUT2D eigenvalue weighted by Crippen LogP contribution is -2.16. The number of ether oxygens (including phenoxy) is 4. The molecule has 0 heterocycles. The molecule has 6 nitrogen and oxygen atoms in total. The lowest BCUT2D eigenvalue weighted by Gasteiger charge is -2.08. The largest absolute Gasteiger partial charge is 0.496 e. The normalized spacial score (nSPS) is 10.9. The average molecular weight is 323 g/mol. The maximum atomic E-state index is 11.6. The first-order chi connectivity index (χ1) is 11.2. The van der Waals surface area contributed by atoms with Gasteiger partial charge in [0.2, 0.25) is 0 Å². The Balaban J connectivity index is 2.42. The number of carbonyl (C=O) groups is 1. The van der Waals surface area contributed by atoms with Crippen LogP contribution in [0.4, 0.5) is 0 Å². The smallest absolute Gasteiger partial charge is 0.330 e. The van der Waals surface area contributed by atoms with Gasteiger partial charge in [-0.15, -0.1) is 0 Å².